The Labute approximate surface area is 206 Å². The highest BCUT2D eigenvalue weighted by Gasteiger charge is 2.53. The molecule has 2 amide bonds. The first-order valence-electron chi connectivity index (χ1n) is 11.1. The van der Waals surface area contributed by atoms with Crippen molar-refractivity contribution in [2.75, 3.05) is 16.8 Å². The van der Waals surface area contributed by atoms with Crippen LogP contribution in [0.1, 0.15) is 52.1 Å². The van der Waals surface area contributed by atoms with E-state index in [-0.39, 0.29) is 40.1 Å². The predicted molar refractivity (Wildman–Crippen MR) is 130 cm³/mol. The Balaban J connectivity index is 1.60. The molecule has 1 atom stereocenters. The second-order valence-corrected chi connectivity index (χ2v) is 8.98. The second kappa shape index (κ2) is 9.36. The van der Waals surface area contributed by atoms with Crippen molar-refractivity contribution in [3.8, 4) is 0 Å². The molecule has 1 aliphatic rings. The maximum atomic E-state index is 14.8. The molecular weight excluding hydrogens is 476 g/mol. The van der Waals surface area contributed by atoms with Crippen molar-refractivity contribution >= 4 is 34.9 Å². The number of hydrogen-bond acceptors (Lipinski definition) is 4. The summed E-state index contributed by atoms with van der Waals surface area (Å²) in [7, 11) is 0. The quantitative estimate of drug-likeness (QED) is 0.500. The van der Waals surface area contributed by atoms with E-state index >= 15 is 0 Å². The van der Waals surface area contributed by atoms with Crippen molar-refractivity contribution in [3.05, 3.63) is 88.1 Å². The normalized spacial score (nSPS) is 19.0. The first kappa shape index (κ1) is 24.8. The Morgan fingerprint density at radius 2 is 1.91 bits per heavy atom. The average molecular weight is 500 g/mol. The number of nitrogens with zero attached hydrogens (tertiary/aromatic N) is 2. The van der Waals surface area contributed by atoms with Gasteiger partial charge in [-0.1, -0.05) is 36.7 Å². The largest absolute Gasteiger partial charge is 0.379 e. The van der Waals surface area contributed by atoms with E-state index in [9.17, 15) is 23.5 Å². The molecule has 0 saturated heterocycles. The minimum Gasteiger partial charge on any atom is -0.379 e. The molecule has 0 unspecified atom stereocenters. The zero-order valence-corrected chi connectivity index (χ0v) is 19.9. The van der Waals surface area contributed by atoms with Gasteiger partial charge in [0.15, 0.2) is 5.60 Å². The summed E-state index contributed by atoms with van der Waals surface area (Å²) in [6, 6.07) is 14.3. The first-order chi connectivity index (χ1) is 16.5. The number of aromatic nitrogens is 1. The van der Waals surface area contributed by atoms with Gasteiger partial charge in [0.2, 0.25) is 0 Å². The first-order valence-corrected chi connectivity index (χ1v) is 11.5. The van der Waals surface area contributed by atoms with Crippen LogP contribution in [0.4, 0.5) is 20.3 Å². The van der Waals surface area contributed by atoms with Crippen LogP contribution in [0.3, 0.4) is 0 Å². The lowest BCUT2D eigenvalue weighted by atomic mass is 9.87. The summed E-state index contributed by atoms with van der Waals surface area (Å²) >= 11 is 6.01. The standard InChI is InChI=1S/C26H24ClF2N3O3/c1-3-16-6-4-5-7-19(16)23(33)31-22-11-8-17(15-30-22)24(34)32-13-12-26(28,29)25(2,35)20-14-18(27)9-10-21(20)32/h4-11,14-15,35H,3,12-13H2,1-2H3,(H,30,31,33)/t25-/m1/s1. The Morgan fingerprint density at radius 3 is 2.60 bits per heavy atom. The van der Waals surface area contributed by atoms with Gasteiger partial charge in [0, 0.05) is 35.3 Å². The van der Waals surface area contributed by atoms with E-state index < -0.39 is 23.9 Å². The number of pyridine rings is 1. The smallest absolute Gasteiger partial charge is 0.281 e. The lowest BCUT2D eigenvalue weighted by Gasteiger charge is -2.32. The van der Waals surface area contributed by atoms with E-state index in [0.29, 0.717) is 12.0 Å². The number of fused-ring (bicyclic) bond motifs is 1. The highest BCUT2D eigenvalue weighted by atomic mass is 35.5. The van der Waals surface area contributed by atoms with Gasteiger partial charge in [-0.15, -0.1) is 0 Å². The number of hydrogen-bond donors (Lipinski definition) is 2. The third-order valence-corrected chi connectivity index (χ3v) is 6.51. The summed E-state index contributed by atoms with van der Waals surface area (Å²) in [6.45, 7) is 2.66. The summed E-state index contributed by atoms with van der Waals surface area (Å²) < 4.78 is 29.6. The molecule has 1 aliphatic heterocycles. The van der Waals surface area contributed by atoms with Gasteiger partial charge in [-0.3, -0.25) is 9.59 Å². The highest BCUT2D eigenvalue weighted by molar-refractivity contribution is 6.30. The fraction of sp³-hybridized carbons (Fsp3) is 0.269. The zero-order valence-electron chi connectivity index (χ0n) is 19.2. The van der Waals surface area contributed by atoms with Crippen LogP contribution in [-0.4, -0.2) is 34.4 Å². The summed E-state index contributed by atoms with van der Waals surface area (Å²) in [5, 5.41) is 13.6. The number of anilines is 2. The average Bonchev–Trinajstić information content (AvgIpc) is 2.91. The van der Waals surface area contributed by atoms with Gasteiger partial charge in [-0.25, -0.2) is 13.8 Å². The second-order valence-electron chi connectivity index (χ2n) is 8.54. The monoisotopic (exact) mass is 499 g/mol. The van der Waals surface area contributed by atoms with E-state index in [0.717, 1.165) is 12.5 Å². The molecule has 35 heavy (non-hydrogen) atoms. The van der Waals surface area contributed by atoms with Crippen molar-refractivity contribution < 1.29 is 23.5 Å². The Kier molecular flexibility index (Phi) is 6.62. The fourth-order valence-electron chi connectivity index (χ4n) is 4.14. The summed E-state index contributed by atoms with van der Waals surface area (Å²) in [6.07, 6.45) is 1.23. The summed E-state index contributed by atoms with van der Waals surface area (Å²) in [5.74, 6) is -4.13. The number of nitrogens with one attached hydrogen (secondary N) is 1. The molecule has 2 aromatic carbocycles. The highest BCUT2D eigenvalue weighted by Crippen LogP contribution is 2.47. The van der Waals surface area contributed by atoms with Crippen molar-refractivity contribution in [1.82, 2.24) is 4.98 Å². The number of benzene rings is 2. The number of amides is 2. The van der Waals surface area contributed by atoms with Crippen LogP contribution in [0, 0.1) is 0 Å². The third-order valence-electron chi connectivity index (χ3n) is 6.28. The van der Waals surface area contributed by atoms with Crippen LogP contribution in [-0.2, 0) is 12.0 Å². The molecule has 0 fully saturated rings. The molecule has 9 heteroatoms. The number of aryl methyl sites for hydroxylation is 1. The van der Waals surface area contributed by atoms with Gasteiger partial charge in [-0.2, -0.15) is 0 Å². The van der Waals surface area contributed by atoms with Crippen LogP contribution >= 0.6 is 11.6 Å². The zero-order chi connectivity index (χ0) is 25.4. The molecule has 0 saturated carbocycles. The molecular formula is C26H24ClF2N3O3. The third kappa shape index (κ3) is 4.63. The van der Waals surface area contributed by atoms with Crippen LogP contribution in [0.25, 0.3) is 0 Å². The number of rotatable bonds is 4. The molecule has 0 aliphatic carbocycles. The van der Waals surface area contributed by atoms with Crippen molar-refractivity contribution in [3.63, 3.8) is 0 Å². The van der Waals surface area contributed by atoms with Gasteiger partial charge in [0.05, 0.1) is 11.3 Å². The van der Waals surface area contributed by atoms with E-state index in [1.807, 2.05) is 19.1 Å². The van der Waals surface area contributed by atoms with Crippen LogP contribution in [0.2, 0.25) is 5.02 Å². The number of alkyl halides is 2. The van der Waals surface area contributed by atoms with E-state index in [1.54, 1.807) is 12.1 Å². The predicted octanol–water partition coefficient (Wildman–Crippen LogP) is 5.44. The molecule has 6 nitrogen and oxygen atoms in total. The van der Waals surface area contributed by atoms with Gasteiger partial charge >= 0.3 is 0 Å². The van der Waals surface area contributed by atoms with Gasteiger partial charge < -0.3 is 15.3 Å². The topological polar surface area (TPSA) is 82.5 Å². The number of aliphatic hydroxyl groups is 1. The maximum Gasteiger partial charge on any atom is 0.281 e. The maximum absolute atomic E-state index is 14.8. The van der Waals surface area contributed by atoms with Crippen LogP contribution in [0.15, 0.2) is 60.8 Å². The SMILES string of the molecule is CCc1ccccc1C(=O)Nc1ccc(C(=O)N2CCC(F)(F)[C@](C)(O)c3cc(Cl)ccc32)cn1. The number of halogens is 3. The van der Waals surface area contributed by atoms with Crippen LogP contribution < -0.4 is 10.2 Å². The number of carbonyl (C=O) groups excluding carboxylic acids is 2. The lowest BCUT2D eigenvalue weighted by Crippen LogP contribution is -2.42. The lowest BCUT2D eigenvalue weighted by molar-refractivity contribution is -0.177. The molecule has 182 valence electrons. The summed E-state index contributed by atoms with van der Waals surface area (Å²) in [4.78, 5) is 31.3. The van der Waals surface area contributed by atoms with Crippen molar-refractivity contribution in [2.45, 2.75) is 38.2 Å². The number of carbonyl (C=O) groups is 2. The van der Waals surface area contributed by atoms with Crippen LogP contribution in [0.5, 0.6) is 0 Å². The Hall–Kier alpha value is -3.36. The molecule has 1 aromatic heterocycles. The fourth-order valence-corrected chi connectivity index (χ4v) is 4.31. The molecule has 0 spiro atoms. The van der Waals surface area contributed by atoms with Gasteiger partial charge in [0.25, 0.3) is 17.7 Å². The molecule has 2 N–H and O–H groups in total. The molecule has 3 aromatic rings. The van der Waals surface area contributed by atoms with Gasteiger partial charge in [0.1, 0.15) is 5.82 Å². The van der Waals surface area contributed by atoms with Gasteiger partial charge in [-0.05, 0) is 55.3 Å². The minimum absolute atomic E-state index is 0.132. The Bertz CT molecular complexity index is 1280. The molecule has 2 heterocycles. The Morgan fingerprint density at radius 1 is 1.17 bits per heavy atom. The van der Waals surface area contributed by atoms with E-state index in [4.69, 9.17) is 11.6 Å². The summed E-state index contributed by atoms with van der Waals surface area (Å²) in [5.41, 5.74) is -0.928. The molecule has 4 rings (SSSR count). The minimum atomic E-state index is -3.48. The van der Waals surface area contributed by atoms with E-state index in [2.05, 4.69) is 10.3 Å². The van der Waals surface area contributed by atoms with E-state index in [1.165, 1.54) is 41.4 Å². The molecule has 0 radical (unpaired) electrons. The van der Waals surface area contributed by atoms with Crippen molar-refractivity contribution in [2.24, 2.45) is 0 Å². The molecule has 0 bridgehead atoms. The van der Waals surface area contributed by atoms with Crippen molar-refractivity contribution in [1.29, 1.82) is 0 Å².